The monoisotopic (exact) mass is 457 g/mol. The minimum absolute atomic E-state index is 0.000247. The van der Waals surface area contributed by atoms with E-state index in [0.29, 0.717) is 40.1 Å². The second-order valence-corrected chi connectivity index (χ2v) is 10.4. The molecule has 3 aromatic rings. The molecule has 8 heteroatoms. The van der Waals surface area contributed by atoms with Crippen molar-refractivity contribution >= 4 is 44.9 Å². The van der Waals surface area contributed by atoms with Gasteiger partial charge in [0.05, 0.1) is 16.8 Å². The molecule has 0 radical (unpaired) electrons. The van der Waals surface area contributed by atoms with E-state index in [-0.39, 0.29) is 22.9 Å². The van der Waals surface area contributed by atoms with Crippen LogP contribution in [0.4, 0.5) is 0 Å². The normalized spacial score (nSPS) is 16.0. The number of hydrogen-bond donors (Lipinski definition) is 1. The van der Waals surface area contributed by atoms with Crippen molar-refractivity contribution in [3.8, 4) is 0 Å². The van der Waals surface area contributed by atoms with Gasteiger partial charge in [0.2, 0.25) is 0 Å². The van der Waals surface area contributed by atoms with E-state index in [1.165, 1.54) is 29.1 Å². The van der Waals surface area contributed by atoms with Crippen LogP contribution in [-0.4, -0.2) is 31.9 Å². The summed E-state index contributed by atoms with van der Waals surface area (Å²) in [6, 6.07) is 0. The average molecular weight is 458 g/mol. The molecule has 1 N–H and O–H groups in total. The second-order valence-electron chi connectivity index (χ2n) is 8.37. The zero-order valence-electron chi connectivity index (χ0n) is 18.5. The Kier molecular flexibility index (Phi) is 5.96. The molecule has 0 amide bonds. The van der Waals surface area contributed by atoms with Crippen molar-refractivity contribution in [2.75, 3.05) is 5.75 Å². The third kappa shape index (κ3) is 3.80. The molecule has 4 rings (SSSR count). The zero-order chi connectivity index (χ0) is 22.4. The highest BCUT2D eigenvalue weighted by Gasteiger charge is 2.25. The van der Waals surface area contributed by atoms with E-state index in [2.05, 4.69) is 11.9 Å². The first kappa shape index (κ1) is 22.0. The van der Waals surface area contributed by atoms with Crippen LogP contribution in [0, 0.1) is 19.8 Å². The van der Waals surface area contributed by atoms with Gasteiger partial charge in [-0.2, -0.15) is 0 Å². The van der Waals surface area contributed by atoms with Gasteiger partial charge in [0, 0.05) is 22.7 Å². The number of hydrogen-bond acceptors (Lipinski definition) is 6. The van der Waals surface area contributed by atoms with Crippen molar-refractivity contribution in [1.82, 2.24) is 14.5 Å². The van der Waals surface area contributed by atoms with Crippen LogP contribution in [0.3, 0.4) is 0 Å². The summed E-state index contributed by atoms with van der Waals surface area (Å²) in [6.07, 6.45) is 3.05. The Balaban J connectivity index is 1.66. The molecule has 1 atom stereocenters. The number of nitrogens with zero attached hydrogens (tertiary/aromatic N) is 2. The van der Waals surface area contributed by atoms with E-state index in [1.54, 1.807) is 29.8 Å². The lowest BCUT2D eigenvalue weighted by Gasteiger charge is -2.17. The van der Waals surface area contributed by atoms with Crippen LogP contribution in [0.5, 0.6) is 0 Å². The molecule has 6 nitrogen and oxygen atoms in total. The van der Waals surface area contributed by atoms with Gasteiger partial charge in [-0.25, -0.2) is 4.98 Å². The first-order valence-electron chi connectivity index (χ1n) is 10.6. The van der Waals surface area contributed by atoms with E-state index < -0.39 is 0 Å². The van der Waals surface area contributed by atoms with Gasteiger partial charge < -0.3 is 4.98 Å². The number of H-pyrrole nitrogens is 1. The van der Waals surface area contributed by atoms with Gasteiger partial charge in [-0.15, -0.1) is 11.3 Å². The summed E-state index contributed by atoms with van der Waals surface area (Å²) in [5, 5.41) is 1.35. The summed E-state index contributed by atoms with van der Waals surface area (Å²) in [4.78, 5) is 48.0. The molecule has 3 aromatic heterocycles. The number of aromatic nitrogens is 3. The second kappa shape index (κ2) is 8.39. The minimum atomic E-state index is -0.102. The summed E-state index contributed by atoms with van der Waals surface area (Å²) >= 11 is 2.91. The highest BCUT2D eigenvalue weighted by atomic mass is 32.2. The van der Waals surface area contributed by atoms with Crippen LogP contribution in [0.1, 0.15) is 69.7 Å². The van der Waals surface area contributed by atoms with Gasteiger partial charge in [0.1, 0.15) is 4.83 Å². The van der Waals surface area contributed by atoms with Gasteiger partial charge in [0.15, 0.2) is 16.7 Å². The highest BCUT2D eigenvalue weighted by Crippen LogP contribution is 2.36. The molecule has 0 fully saturated rings. The van der Waals surface area contributed by atoms with E-state index in [0.717, 1.165) is 29.5 Å². The fourth-order valence-corrected chi connectivity index (χ4v) is 6.91. The minimum Gasteiger partial charge on any atom is -0.355 e. The third-order valence-electron chi connectivity index (χ3n) is 6.10. The largest absolute Gasteiger partial charge is 0.355 e. The Bertz CT molecular complexity index is 1270. The number of Topliss-reactive ketones (excluding diaryl/α,β-unsaturated/α-hetero) is 2. The summed E-state index contributed by atoms with van der Waals surface area (Å²) in [5.41, 5.74) is 3.62. The predicted molar refractivity (Wildman–Crippen MR) is 126 cm³/mol. The molecule has 1 unspecified atom stereocenters. The van der Waals surface area contributed by atoms with Gasteiger partial charge >= 0.3 is 0 Å². The molecule has 164 valence electrons. The van der Waals surface area contributed by atoms with Crippen molar-refractivity contribution in [2.24, 2.45) is 5.92 Å². The molecule has 0 saturated carbocycles. The van der Waals surface area contributed by atoms with Crippen molar-refractivity contribution in [1.29, 1.82) is 0 Å². The van der Waals surface area contributed by atoms with Crippen LogP contribution in [0.15, 0.2) is 9.95 Å². The number of carbonyl (C=O) groups is 2. The zero-order valence-corrected chi connectivity index (χ0v) is 20.2. The molecular formula is C23H27N3O3S2. The SMILES string of the molecule is CCn1c(SCC(=O)c2[nH]c(C)c(C(C)=O)c2C)nc2sc3c(c2c1=O)CCC(C)C3. The molecule has 0 aromatic carbocycles. The fourth-order valence-electron chi connectivity index (χ4n) is 4.55. The van der Waals surface area contributed by atoms with Gasteiger partial charge in [-0.1, -0.05) is 18.7 Å². The number of rotatable bonds is 6. The van der Waals surface area contributed by atoms with Gasteiger partial charge in [-0.05, 0) is 64.0 Å². The van der Waals surface area contributed by atoms with Gasteiger partial charge in [0.25, 0.3) is 5.56 Å². The lowest BCUT2D eigenvalue weighted by molar-refractivity contribution is 0.101. The number of aromatic amines is 1. The Morgan fingerprint density at radius 3 is 2.71 bits per heavy atom. The Morgan fingerprint density at radius 2 is 2.06 bits per heavy atom. The van der Waals surface area contributed by atoms with Crippen molar-refractivity contribution in [3.05, 3.63) is 43.3 Å². The average Bonchev–Trinajstić information content (AvgIpc) is 3.22. The smallest absolute Gasteiger partial charge is 0.263 e. The van der Waals surface area contributed by atoms with E-state index in [1.807, 2.05) is 6.92 Å². The maximum absolute atomic E-state index is 13.3. The molecule has 0 aliphatic heterocycles. The number of fused-ring (bicyclic) bond motifs is 3. The number of thiophene rings is 1. The number of ketones is 2. The summed E-state index contributed by atoms with van der Waals surface area (Å²) in [7, 11) is 0. The van der Waals surface area contributed by atoms with Crippen LogP contribution in [-0.2, 0) is 19.4 Å². The van der Waals surface area contributed by atoms with Crippen molar-refractivity contribution in [3.63, 3.8) is 0 Å². The third-order valence-corrected chi connectivity index (χ3v) is 8.22. The van der Waals surface area contributed by atoms with Crippen LogP contribution >= 0.6 is 23.1 Å². The standard InChI is InChI=1S/C23H27N3O3S2/c1-6-26-22(29)19-15-8-7-11(2)9-17(15)31-21(19)25-23(26)30-10-16(28)20-12(3)18(14(5)27)13(4)24-20/h11,24H,6-10H2,1-5H3. The molecule has 1 aliphatic rings. The maximum atomic E-state index is 13.3. The van der Waals surface area contributed by atoms with Crippen molar-refractivity contribution < 1.29 is 9.59 Å². The van der Waals surface area contributed by atoms with Crippen LogP contribution in [0.2, 0.25) is 0 Å². The Hall–Kier alpha value is -2.19. The molecule has 1 aliphatic carbocycles. The molecule has 0 bridgehead atoms. The summed E-state index contributed by atoms with van der Waals surface area (Å²) < 4.78 is 1.68. The lowest BCUT2D eigenvalue weighted by atomic mass is 9.89. The molecule has 31 heavy (non-hydrogen) atoms. The van der Waals surface area contributed by atoms with E-state index in [9.17, 15) is 14.4 Å². The summed E-state index contributed by atoms with van der Waals surface area (Å²) in [6.45, 7) is 9.79. The molecule has 0 saturated heterocycles. The van der Waals surface area contributed by atoms with Crippen LogP contribution in [0.25, 0.3) is 10.2 Å². The number of carbonyl (C=O) groups excluding carboxylic acids is 2. The van der Waals surface area contributed by atoms with E-state index in [4.69, 9.17) is 4.98 Å². The first-order chi connectivity index (χ1) is 14.7. The first-order valence-corrected chi connectivity index (χ1v) is 12.4. The number of thioether (sulfide) groups is 1. The predicted octanol–water partition coefficient (Wildman–Crippen LogP) is 4.73. The van der Waals surface area contributed by atoms with Gasteiger partial charge in [-0.3, -0.25) is 19.0 Å². The topological polar surface area (TPSA) is 84.8 Å². The quantitative estimate of drug-likeness (QED) is 0.329. The lowest BCUT2D eigenvalue weighted by Crippen LogP contribution is -2.23. The Morgan fingerprint density at radius 1 is 1.32 bits per heavy atom. The van der Waals surface area contributed by atoms with Crippen molar-refractivity contribution in [2.45, 2.75) is 65.6 Å². The maximum Gasteiger partial charge on any atom is 0.263 e. The number of nitrogens with one attached hydrogen (secondary N) is 1. The Labute approximate surface area is 189 Å². The summed E-state index contributed by atoms with van der Waals surface area (Å²) in [5.74, 6) is 0.626. The molecule has 3 heterocycles. The molecule has 0 spiro atoms. The highest BCUT2D eigenvalue weighted by molar-refractivity contribution is 7.99. The number of aryl methyl sites for hydroxylation is 2. The van der Waals surface area contributed by atoms with Crippen LogP contribution < -0.4 is 5.56 Å². The fraction of sp³-hybridized carbons (Fsp3) is 0.478. The molecular weight excluding hydrogens is 430 g/mol. The van der Waals surface area contributed by atoms with E-state index >= 15 is 0 Å².